The van der Waals surface area contributed by atoms with Crippen LogP contribution in [-0.2, 0) is 41.5 Å². The van der Waals surface area contributed by atoms with Crippen LogP contribution in [0.15, 0.2) is 60.7 Å². The zero-order chi connectivity index (χ0) is 36.8. The Kier molecular flexibility index (Phi) is 15.4. The van der Waals surface area contributed by atoms with Crippen molar-refractivity contribution in [1.29, 1.82) is 0 Å². The van der Waals surface area contributed by atoms with Crippen molar-refractivity contribution in [3.05, 3.63) is 71.8 Å². The monoisotopic (exact) mass is 714 g/mol. The molecule has 6 atom stereocenters. The highest BCUT2D eigenvalue weighted by molar-refractivity contribution is 7.56. The van der Waals surface area contributed by atoms with Crippen LogP contribution < -0.4 is 27.0 Å². The SMILES string of the molecule is CC[C@H](C)[C@H](NC(=O)[C@@H]1CCCN1P(=O)(O)C(Cc1ccccc1)NC(=O)[C@H](CC(N)=O)NC(=O)OCc1ccccc1)C(=O)NCC(C)C. The van der Waals surface area contributed by atoms with Crippen molar-refractivity contribution in [1.82, 2.24) is 25.9 Å². The lowest BCUT2D eigenvalue weighted by atomic mass is 9.97. The first-order valence-corrected chi connectivity index (χ1v) is 18.7. The van der Waals surface area contributed by atoms with Gasteiger partial charge in [-0.05, 0) is 35.8 Å². The minimum atomic E-state index is -4.58. The van der Waals surface area contributed by atoms with E-state index in [4.69, 9.17) is 10.5 Å². The normalized spacial score (nSPS) is 18.2. The maximum Gasteiger partial charge on any atom is 0.408 e. The first-order chi connectivity index (χ1) is 23.7. The summed E-state index contributed by atoms with van der Waals surface area (Å²) < 4.78 is 20.9. The van der Waals surface area contributed by atoms with Crippen LogP contribution in [0.3, 0.4) is 0 Å². The molecule has 5 amide bonds. The molecule has 1 aliphatic rings. The lowest BCUT2D eigenvalue weighted by Gasteiger charge is -2.35. The van der Waals surface area contributed by atoms with Gasteiger partial charge in [0.05, 0.1) is 12.5 Å². The van der Waals surface area contributed by atoms with E-state index in [1.165, 1.54) is 4.67 Å². The fourth-order valence-corrected chi connectivity index (χ4v) is 7.73. The molecule has 274 valence electrons. The van der Waals surface area contributed by atoms with Gasteiger partial charge in [0.15, 0.2) is 0 Å². The number of carbonyl (C=O) groups excluding carboxylic acids is 5. The van der Waals surface area contributed by atoms with Gasteiger partial charge >= 0.3 is 6.09 Å². The Morgan fingerprint density at radius 1 is 0.940 bits per heavy atom. The van der Waals surface area contributed by atoms with Gasteiger partial charge in [-0.3, -0.25) is 23.7 Å². The van der Waals surface area contributed by atoms with Gasteiger partial charge in [-0.2, -0.15) is 0 Å². The molecule has 1 saturated heterocycles. The summed E-state index contributed by atoms with van der Waals surface area (Å²) in [6.45, 7) is 8.08. The lowest BCUT2D eigenvalue weighted by Crippen LogP contribution is -2.55. The predicted molar refractivity (Wildman–Crippen MR) is 188 cm³/mol. The smallest absolute Gasteiger partial charge is 0.408 e. The summed E-state index contributed by atoms with van der Waals surface area (Å²) >= 11 is 0. The molecule has 1 aliphatic heterocycles. The third kappa shape index (κ3) is 12.0. The van der Waals surface area contributed by atoms with Crippen molar-refractivity contribution >= 4 is 37.2 Å². The van der Waals surface area contributed by atoms with Crippen molar-refractivity contribution in [3.8, 4) is 0 Å². The van der Waals surface area contributed by atoms with E-state index in [1.807, 2.05) is 27.7 Å². The Morgan fingerprint density at radius 2 is 1.56 bits per heavy atom. The summed E-state index contributed by atoms with van der Waals surface area (Å²) in [5.74, 6) is -4.19. The average molecular weight is 715 g/mol. The van der Waals surface area contributed by atoms with Crippen LogP contribution in [-0.4, -0.2) is 76.3 Å². The fraction of sp³-hybridized carbons (Fsp3) is 0.514. The van der Waals surface area contributed by atoms with E-state index < -0.39 is 61.7 Å². The fourth-order valence-electron chi connectivity index (χ4n) is 5.58. The van der Waals surface area contributed by atoms with Crippen LogP contribution in [0.2, 0.25) is 0 Å². The van der Waals surface area contributed by atoms with E-state index >= 15 is 0 Å². The molecule has 3 rings (SSSR count). The molecule has 1 heterocycles. The third-order valence-electron chi connectivity index (χ3n) is 8.59. The summed E-state index contributed by atoms with van der Waals surface area (Å²) in [7, 11) is -4.58. The third-order valence-corrected chi connectivity index (χ3v) is 10.9. The molecular weight excluding hydrogens is 663 g/mol. The summed E-state index contributed by atoms with van der Waals surface area (Å²) in [5.41, 5.74) is 6.70. The highest BCUT2D eigenvalue weighted by Crippen LogP contribution is 2.54. The number of benzene rings is 2. The highest BCUT2D eigenvalue weighted by Gasteiger charge is 2.47. The van der Waals surface area contributed by atoms with E-state index in [1.54, 1.807) is 60.7 Å². The number of alkyl carbamates (subject to hydrolysis) is 1. The van der Waals surface area contributed by atoms with Crippen molar-refractivity contribution < 1.29 is 38.2 Å². The Hall–Kier alpha value is -4.26. The Bertz CT molecular complexity index is 1490. The first-order valence-electron chi connectivity index (χ1n) is 17.0. The molecule has 50 heavy (non-hydrogen) atoms. The molecule has 2 unspecified atom stereocenters. The van der Waals surface area contributed by atoms with E-state index in [9.17, 15) is 33.4 Å². The molecule has 0 bridgehead atoms. The second kappa shape index (κ2) is 19.2. The van der Waals surface area contributed by atoms with E-state index in [0.29, 0.717) is 30.5 Å². The zero-order valence-electron chi connectivity index (χ0n) is 29.2. The Morgan fingerprint density at radius 3 is 2.14 bits per heavy atom. The second-order valence-electron chi connectivity index (χ2n) is 13.1. The summed E-state index contributed by atoms with van der Waals surface area (Å²) in [4.78, 5) is 76.8. The number of rotatable bonds is 18. The Labute approximate surface area is 293 Å². The second-order valence-corrected chi connectivity index (χ2v) is 15.4. The number of nitrogens with two attached hydrogens (primary N) is 1. The van der Waals surface area contributed by atoms with Gasteiger partial charge < -0.3 is 36.6 Å². The number of ether oxygens (including phenoxy) is 1. The van der Waals surface area contributed by atoms with Crippen molar-refractivity contribution in [2.45, 2.75) is 90.3 Å². The molecule has 0 aliphatic carbocycles. The van der Waals surface area contributed by atoms with Crippen LogP contribution in [0.25, 0.3) is 0 Å². The van der Waals surface area contributed by atoms with Crippen LogP contribution in [0.1, 0.15) is 64.5 Å². The number of hydrogen-bond acceptors (Lipinski definition) is 7. The quantitative estimate of drug-likeness (QED) is 0.125. The van der Waals surface area contributed by atoms with Crippen LogP contribution in [0, 0.1) is 11.8 Å². The van der Waals surface area contributed by atoms with E-state index in [2.05, 4.69) is 21.3 Å². The van der Waals surface area contributed by atoms with Crippen LogP contribution in [0.5, 0.6) is 0 Å². The van der Waals surface area contributed by atoms with Crippen molar-refractivity contribution in [3.63, 3.8) is 0 Å². The molecule has 1 fully saturated rings. The summed E-state index contributed by atoms with van der Waals surface area (Å²) in [6, 6.07) is 14.1. The topological polar surface area (TPSA) is 209 Å². The molecule has 0 saturated carbocycles. The standard InChI is InChI=1S/C35H51N6O8P/c1-5-24(4)31(34(45)37-21-23(2)3)40-33(44)28-17-12-18-41(28)50(47,48)30(19-25-13-8-6-9-14-25)39-32(43)27(20-29(36)42)38-35(46)49-22-26-15-10-7-11-16-26/h6-11,13-16,23-24,27-28,30-31H,5,12,17-22H2,1-4H3,(H2,36,42)(H,37,45)(H,38,46)(H,39,43)(H,40,44)(H,47,48)/t24-,27-,28-,30?,31-/m0/s1. The maximum absolute atomic E-state index is 14.5. The highest BCUT2D eigenvalue weighted by atomic mass is 31.2. The summed E-state index contributed by atoms with van der Waals surface area (Å²) in [6.07, 6.45) is -0.432. The molecule has 0 spiro atoms. The molecule has 7 N–H and O–H groups in total. The zero-order valence-corrected chi connectivity index (χ0v) is 30.1. The molecular formula is C35H51N6O8P. The van der Waals surface area contributed by atoms with Gasteiger partial charge in [0, 0.05) is 19.5 Å². The molecule has 0 aromatic heterocycles. The molecule has 14 nitrogen and oxygen atoms in total. The molecule has 0 radical (unpaired) electrons. The number of primary amides is 1. The van der Waals surface area contributed by atoms with Crippen molar-refractivity contribution in [2.24, 2.45) is 17.6 Å². The number of amides is 5. The van der Waals surface area contributed by atoms with Crippen molar-refractivity contribution in [2.75, 3.05) is 13.1 Å². The van der Waals surface area contributed by atoms with Gasteiger partial charge in [-0.25, -0.2) is 9.46 Å². The molecule has 2 aromatic carbocycles. The van der Waals surface area contributed by atoms with Gasteiger partial charge in [0.25, 0.3) is 7.52 Å². The van der Waals surface area contributed by atoms with Crippen LogP contribution in [0.4, 0.5) is 4.79 Å². The number of hydrogen-bond donors (Lipinski definition) is 6. The van der Waals surface area contributed by atoms with Gasteiger partial charge in [-0.1, -0.05) is 94.8 Å². The van der Waals surface area contributed by atoms with Gasteiger partial charge in [-0.15, -0.1) is 0 Å². The Balaban J connectivity index is 1.84. The summed E-state index contributed by atoms with van der Waals surface area (Å²) in [5, 5.41) is 10.6. The van der Waals surface area contributed by atoms with Gasteiger partial charge in [0.2, 0.25) is 23.6 Å². The maximum atomic E-state index is 14.5. The van der Waals surface area contributed by atoms with Crippen LogP contribution >= 0.6 is 7.52 Å². The average Bonchev–Trinajstić information content (AvgIpc) is 3.60. The number of nitrogens with one attached hydrogen (secondary N) is 4. The number of carbonyl (C=O) groups is 5. The largest absolute Gasteiger partial charge is 0.445 e. The van der Waals surface area contributed by atoms with Gasteiger partial charge in [0.1, 0.15) is 24.5 Å². The van der Waals surface area contributed by atoms with E-state index in [0.717, 1.165) is 0 Å². The predicted octanol–water partition coefficient (Wildman–Crippen LogP) is 2.79. The minimum absolute atomic E-state index is 0.0787. The number of nitrogens with zero attached hydrogens (tertiary/aromatic N) is 1. The molecule has 15 heteroatoms. The van der Waals surface area contributed by atoms with E-state index in [-0.39, 0.29) is 43.7 Å². The minimum Gasteiger partial charge on any atom is -0.445 e. The lowest BCUT2D eigenvalue weighted by molar-refractivity contribution is -0.132. The molecule has 2 aromatic rings. The first kappa shape index (κ1) is 40.2.